The monoisotopic (exact) mass is 389 g/mol. The number of hydrazine groups is 1. The molecule has 3 N–H and O–H groups in total. The molecule has 0 saturated carbocycles. The summed E-state index contributed by atoms with van der Waals surface area (Å²) in [6.07, 6.45) is 2.66. The fraction of sp³-hybridized carbons (Fsp3) is 0.118. The highest BCUT2D eigenvalue weighted by Gasteiger charge is 2.13. The lowest BCUT2D eigenvalue weighted by Gasteiger charge is -2.18. The van der Waals surface area contributed by atoms with Crippen molar-refractivity contribution in [3.8, 4) is 0 Å². The van der Waals surface area contributed by atoms with Gasteiger partial charge in [0.1, 0.15) is 0 Å². The number of nitrogens with one attached hydrogen (secondary N) is 1. The van der Waals surface area contributed by atoms with Crippen molar-refractivity contribution in [2.75, 3.05) is 0 Å². The molecule has 3 aromatic rings. The predicted octanol–water partition coefficient (Wildman–Crippen LogP) is 3.59. The minimum absolute atomic E-state index is 0.0676. The van der Waals surface area contributed by atoms with E-state index in [1.54, 1.807) is 0 Å². The normalized spacial score (nSPS) is 12.5. The highest BCUT2D eigenvalue weighted by Crippen LogP contribution is 2.25. The van der Waals surface area contributed by atoms with Crippen LogP contribution in [0.15, 0.2) is 60.8 Å². The summed E-state index contributed by atoms with van der Waals surface area (Å²) < 4.78 is 1.24. The van der Waals surface area contributed by atoms with Gasteiger partial charge in [-0.25, -0.2) is 0 Å². The summed E-state index contributed by atoms with van der Waals surface area (Å²) >= 11 is 2.31. The second-order valence-electron chi connectivity index (χ2n) is 4.97. The third-order valence-corrected chi connectivity index (χ3v) is 4.33. The second-order valence-corrected chi connectivity index (χ2v) is 6.21. The van der Waals surface area contributed by atoms with Gasteiger partial charge in [-0.2, -0.15) is 0 Å². The summed E-state index contributed by atoms with van der Waals surface area (Å²) in [5, 5.41) is 1.15. The Morgan fingerprint density at radius 3 is 2.62 bits per heavy atom. The number of hydrogen-bond donors (Lipinski definition) is 2. The Kier molecular flexibility index (Phi) is 4.48. The Morgan fingerprint density at radius 2 is 1.86 bits per heavy atom. The maximum atomic E-state index is 5.80. The Hall–Kier alpha value is -1.50. The number of nitrogens with two attached hydrogens (primary N) is 1. The molecule has 0 amide bonds. The summed E-state index contributed by atoms with van der Waals surface area (Å²) in [6.45, 7) is 0. The van der Waals surface area contributed by atoms with Crippen LogP contribution < -0.4 is 11.3 Å². The van der Waals surface area contributed by atoms with Crippen LogP contribution in [0.3, 0.4) is 0 Å². The Balaban J connectivity index is 1.96. The zero-order chi connectivity index (χ0) is 14.7. The van der Waals surface area contributed by atoms with Gasteiger partial charge in [0.05, 0.1) is 11.6 Å². The first-order valence-electron chi connectivity index (χ1n) is 6.82. The molecule has 0 saturated heterocycles. The zero-order valence-corrected chi connectivity index (χ0v) is 13.6. The van der Waals surface area contributed by atoms with Crippen LogP contribution in [0.25, 0.3) is 10.9 Å². The van der Waals surface area contributed by atoms with E-state index in [4.69, 9.17) is 5.84 Å². The Labute approximate surface area is 137 Å². The lowest BCUT2D eigenvalue weighted by atomic mass is 9.96. The SMILES string of the molecule is NNC(Cc1ccc(I)cc1)c1cccc2ncccc12. The van der Waals surface area contributed by atoms with Crippen LogP contribution >= 0.6 is 22.6 Å². The summed E-state index contributed by atoms with van der Waals surface area (Å²) in [7, 11) is 0. The molecule has 0 aliphatic heterocycles. The Bertz CT molecular complexity index is 735. The molecule has 3 rings (SSSR count). The zero-order valence-electron chi connectivity index (χ0n) is 11.5. The maximum absolute atomic E-state index is 5.80. The van der Waals surface area contributed by atoms with E-state index in [-0.39, 0.29) is 6.04 Å². The number of pyridine rings is 1. The molecule has 1 atom stereocenters. The largest absolute Gasteiger partial charge is 0.271 e. The van der Waals surface area contributed by atoms with Crippen molar-refractivity contribution in [3.05, 3.63) is 75.5 Å². The third-order valence-electron chi connectivity index (χ3n) is 3.61. The number of halogens is 1. The molecule has 0 spiro atoms. The summed E-state index contributed by atoms with van der Waals surface area (Å²) in [5.74, 6) is 5.80. The maximum Gasteiger partial charge on any atom is 0.0705 e. The summed E-state index contributed by atoms with van der Waals surface area (Å²) in [5.41, 5.74) is 6.39. The van der Waals surface area contributed by atoms with Crippen molar-refractivity contribution >= 4 is 33.5 Å². The molecule has 1 aromatic heterocycles. The van der Waals surface area contributed by atoms with Gasteiger partial charge in [0.15, 0.2) is 0 Å². The van der Waals surface area contributed by atoms with Crippen LogP contribution in [-0.2, 0) is 6.42 Å². The predicted molar refractivity (Wildman–Crippen MR) is 94.7 cm³/mol. The Morgan fingerprint density at radius 1 is 1.05 bits per heavy atom. The summed E-state index contributed by atoms with van der Waals surface area (Å²) in [6, 6.07) is 18.8. The van der Waals surface area contributed by atoms with Crippen molar-refractivity contribution in [1.29, 1.82) is 0 Å². The average Bonchev–Trinajstić information content (AvgIpc) is 2.54. The van der Waals surface area contributed by atoms with Crippen LogP contribution in [0.2, 0.25) is 0 Å². The standard InChI is InChI=1S/C17H16IN3/c18-13-8-6-12(7-9-13)11-17(21-19)15-3-1-5-16-14(15)4-2-10-20-16/h1-10,17,21H,11,19H2. The van der Waals surface area contributed by atoms with Crippen LogP contribution in [0, 0.1) is 3.57 Å². The number of benzene rings is 2. The van der Waals surface area contributed by atoms with Gasteiger partial charge in [-0.1, -0.05) is 30.3 Å². The van der Waals surface area contributed by atoms with Crippen LogP contribution in [0.4, 0.5) is 0 Å². The molecule has 2 aromatic carbocycles. The van der Waals surface area contributed by atoms with Gasteiger partial charge in [-0.15, -0.1) is 0 Å². The number of nitrogens with zero attached hydrogens (tertiary/aromatic N) is 1. The lowest BCUT2D eigenvalue weighted by molar-refractivity contribution is 0.555. The van der Waals surface area contributed by atoms with Gasteiger partial charge in [0, 0.05) is 15.2 Å². The van der Waals surface area contributed by atoms with Gasteiger partial charge in [-0.3, -0.25) is 16.3 Å². The van der Waals surface area contributed by atoms with Crippen LogP contribution in [0.1, 0.15) is 17.2 Å². The van der Waals surface area contributed by atoms with Gasteiger partial charge in [-0.05, 0) is 64.4 Å². The molecule has 1 heterocycles. The van der Waals surface area contributed by atoms with Crippen LogP contribution in [-0.4, -0.2) is 4.98 Å². The molecular formula is C17H16IN3. The highest BCUT2D eigenvalue weighted by molar-refractivity contribution is 14.1. The molecule has 0 aliphatic rings. The van der Waals surface area contributed by atoms with Crippen molar-refractivity contribution in [2.45, 2.75) is 12.5 Å². The highest BCUT2D eigenvalue weighted by atomic mass is 127. The molecule has 0 bridgehead atoms. The van der Waals surface area contributed by atoms with Crippen LogP contribution in [0.5, 0.6) is 0 Å². The third kappa shape index (κ3) is 3.23. The number of rotatable bonds is 4. The molecule has 4 heteroatoms. The van der Waals surface area contributed by atoms with Crippen molar-refractivity contribution < 1.29 is 0 Å². The quantitative estimate of drug-likeness (QED) is 0.408. The fourth-order valence-electron chi connectivity index (χ4n) is 2.55. The minimum Gasteiger partial charge on any atom is -0.271 e. The van der Waals surface area contributed by atoms with E-state index in [2.05, 4.69) is 69.4 Å². The van der Waals surface area contributed by atoms with E-state index in [0.29, 0.717) is 0 Å². The molecule has 3 nitrogen and oxygen atoms in total. The van der Waals surface area contributed by atoms with Gasteiger partial charge in [0.2, 0.25) is 0 Å². The molecule has 0 aliphatic carbocycles. The molecule has 21 heavy (non-hydrogen) atoms. The molecule has 106 valence electrons. The van der Waals surface area contributed by atoms with Gasteiger partial charge < -0.3 is 0 Å². The average molecular weight is 389 g/mol. The number of fused-ring (bicyclic) bond motifs is 1. The summed E-state index contributed by atoms with van der Waals surface area (Å²) in [4.78, 5) is 4.41. The first-order chi connectivity index (χ1) is 10.3. The second kappa shape index (κ2) is 6.51. The number of hydrogen-bond acceptors (Lipinski definition) is 3. The van der Waals surface area contributed by atoms with Crippen molar-refractivity contribution in [2.24, 2.45) is 5.84 Å². The van der Waals surface area contributed by atoms with E-state index >= 15 is 0 Å². The first kappa shape index (κ1) is 14.4. The molecular weight excluding hydrogens is 373 g/mol. The van der Waals surface area contributed by atoms with E-state index in [0.717, 1.165) is 17.3 Å². The van der Waals surface area contributed by atoms with E-state index in [1.165, 1.54) is 14.7 Å². The van der Waals surface area contributed by atoms with Gasteiger partial charge in [0.25, 0.3) is 0 Å². The lowest BCUT2D eigenvalue weighted by Crippen LogP contribution is -2.29. The van der Waals surface area contributed by atoms with Crippen molar-refractivity contribution in [1.82, 2.24) is 10.4 Å². The molecule has 0 fully saturated rings. The topological polar surface area (TPSA) is 50.9 Å². The van der Waals surface area contributed by atoms with Crippen molar-refractivity contribution in [3.63, 3.8) is 0 Å². The minimum atomic E-state index is 0.0676. The molecule has 1 unspecified atom stereocenters. The fourth-order valence-corrected chi connectivity index (χ4v) is 2.91. The number of aromatic nitrogens is 1. The van der Waals surface area contributed by atoms with E-state index in [1.807, 2.05) is 24.4 Å². The van der Waals surface area contributed by atoms with Gasteiger partial charge >= 0.3 is 0 Å². The smallest absolute Gasteiger partial charge is 0.0705 e. The molecule has 0 radical (unpaired) electrons. The van der Waals surface area contributed by atoms with E-state index < -0.39 is 0 Å². The van der Waals surface area contributed by atoms with E-state index in [9.17, 15) is 0 Å². The first-order valence-corrected chi connectivity index (χ1v) is 7.90.